The van der Waals surface area contributed by atoms with Crippen LogP contribution >= 0.6 is 23.4 Å². The summed E-state index contributed by atoms with van der Waals surface area (Å²) in [7, 11) is 0. The van der Waals surface area contributed by atoms with Crippen molar-refractivity contribution < 1.29 is 22.7 Å². The minimum atomic E-state index is -4.52. The Morgan fingerprint density at radius 2 is 2.21 bits per heavy atom. The molecule has 6 nitrogen and oxygen atoms in total. The SMILES string of the molecule is Cc1nnc(SCC(=O)Nc2cc(C(F)(F)F)ccc2Cl)n1C[C@@H]1CCCO1. The zero-order valence-electron chi connectivity index (χ0n) is 14.9. The third-order valence-electron chi connectivity index (χ3n) is 4.21. The van der Waals surface area contributed by atoms with Gasteiger partial charge >= 0.3 is 6.18 Å². The van der Waals surface area contributed by atoms with Gasteiger partial charge in [0.1, 0.15) is 5.82 Å². The Balaban J connectivity index is 1.62. The number of rotatable bonds is 6. The van der Waals surface area contributed by atoms with Crippen molar-refractivity contribution in [1.82, 2.24) is 14.8 Å². The van der Waals surface area contributed by atoms with Gasteiger partial charge in [0.2, 0.25) is 5.91 Å². The van der Waals surface area contributed by atoms with Gasteiger partial charge in [0.05, 0.1) is 34.7 Å². The third kappa shape index (κ3) is 5.18. The number of thioether (sulfide) groups is 1. The summed E-state index contributed by atoms with van der Waals surface area (Å²) in [6.07, 6.45) is -2.47. The van der Waals surface area contributed by atoms with Gasteiger partial charge in [-0.05, 0) is 38.0 Å². The Morgan fingerprint density at radius 1 is 1.43 bits per heavy atom. The first-order valence-corrected chi connectivity index (χ1v) is 9.91. The molecule has 1 amide bonds. The fourth-order valence-electron chi connectivity index (χ4n) is 2.78. The summed E-state index contributed by atoms with van der Waals surface area (Å²) >= 11 is 7.05. The molecule has 1 atom stereocenters. The summed E-state index contributed by atoms with van der Waals surface area (Å²) in [6.45, 7) is 3.14. The first kappa shape index (κ1) is 20.9. The molecule has 1 fully saturated rings. The summed E-state index contributed by atoms with van der Waals surface area (Å²) in [4.78, 5) is 12.2. The number of hydrogen-bond acceptors (Lipinski definition) is 5. The second kappa shape index (κ2) is 8.71. The van der Waals surface area contributed by atoms with Gasteiger partial charge < -0.3 is 14.6 Å². The van der Waals surface area contributed by atoms with E-state index in [1.807, 2.05) is 11.5 Å². The van der Waals surface area contributed by atoms with Crippen LogP contribution in [0.15, 0.2) is 23.4 Å². The molecule has 1 aromatic heterocycles. The van der Waals surface area contributed by atoms with E-state index in [0.29, 0.717) is 17.5 Å². The summed E-state index contributed by atoms with van der Waals surface area (Å²) in [5.74, 6) is 0.172. The van der Waals surface area contributed by atoms with Crippen LogP contribution in [0.25, 0.3) is 0 Å². The van der Waals surface area contributed by atoms with E-state index in [0.717, 1.165) is 49.4 Å². The van der Waals surface area contributed by atoms with Crippen LogP contribution in [-0.2, 0) is 22.3 Å². The highest BCUT2D eigenvalue weighted by Gasteiger charge is 2.31. The fraction of sp³-hybridized carbons (Fsp3) is 0.471. The molecule has 11 heteroatoms. The van der Waals surface area contributed by atoms with Gasteiger partial charge in [0.15, 0.2) is 5.16 Å². The predicted molar refractivity (Wildman–Crippen MR) is 99.5 cm³/mol. The van der Waals surface area contributed by atoms with Crippen LogP contribution in [-0.4, -0.2) is 39.1 Å². The van der Waals surface area contributed by atoms with Crippen LogP contribution in [0.5, 0.6) is 0 Å². The second-order valence-corrected chi connectivity index (χ2v) is 7.65. The number of ether oxygens (including phenoxy) is 1. The Labute approximate surface area is 168 Å². The highest BCUT2D eigenvalue weighted by atomic mass is 35.5. The highest BCUT2D eigenvalue weighted by Crippen LogP contribution is 2.34. The van der Waals surface area contributed by atoms with Crippen molar-refractivity contribution in [3.63, 3.8) is 0 Å². The number of carbonyl (C=O) groups is 1. The molecule has 2 heterocycles. The van der Waals surface area contributed by atoms with Crippen LogP contribution in [0.3, 0.4) is 0 Å². The quantitative estimate of drug-likeness (QED) is 0.691. The molecule has 0 aliphatic carbocycles. The van der Waals surface area contributed by atoms with E-state index in [2.05, 4.69) is 15.5 Å². The normalized spacial score (nSPS) is 17.1. The van der Waals surface area contributed by atoms with Crippen molar-refractivity contribution in [3.05, 3.63) is 34.6 Å². The monoisotopic (exact) mass is 434 g/mol. The topological polar surface area (TPSA) is 69.0 Å². The van der Waals surface area contributed by atoms with Crippen molar-refractivity contribution in [2.24, 2.45) is 0 Å². The lowest BCUT2D eigenvalue weighted by Gasteiger charge is -2.14. The Kier molecular flexibility index (Phi) is 6.51. The molecule has 1 saturated heterocycles. The van der Waals surface area contributed by atoms with Crippen molar-refractivity contribution in [2.45, 2.75) is 43.7 Å². The number of anilines is 1. The molecule has 0 bridgehead atoms. The molecule has 1 aliphatic heterocycles. The van der Waals surface area contributed by atoms with Gasteiger partial charge in [-0.2, -0.15) is 13.2 Å². The third-order valence-corrected chi connectivity index (χ3v) is 5.51. The average molecular weight is 435 g/mol. The number of nitrogens with one attached hydrogen (secondary N) is 1. The zero-order chi connectivity index (χ0) is 20.3. The molecule has 2 aromatic rings. The molecule has 0 unspecified atom stereocenters. The minimum absolute atomic E-state index is 0.0312. The van der Waals surface area contributed by atoms with E-state index in [1.165, 1.54) is 0 Å². The molecular weight excluding hydrogens is 417 g/mol. The fourth-order valence-corrected chi connectivity index (χ4v) is 3.74. The number of alkyl halides is 3. The number of nitrogens with zero attached hydrogens (tertiary/aromatic N) is 3. The minimum Gasteiger partial charge on any atom is -0.376 e. The van der Waals surface area contributed by atoms with Crippen LogP contribution in [0.1, 0.15) is 24.2 Å². The molecule has 28 heavy (non-hydrogen) atoms. The molecular formula is C17H18ClF3N4O2S. The Hall–Kier alpha value is -1.78. The van der Waals surface area contributed by atoms with Crippen molar-refractivity contribution in [2.75, 3.05) is 17.7 Å². The molecule has 152 valence electrons. The van der Waals surface area contributed by atoms with E-state index < -0.39 is 17.6 Å². The van der Waals surface area contributed by atoms with E-state index in [-0.39, 0.29) is 22.6 Å². The molecule has 0 saturated carbocycles. The van der Waals surface area contributed by atoms with Crippen LogP contribution < -0.4 is 5.32 Å². The molecule has 0 radical (unpaired) electrons. The smallest absolute Gasteiger partial charge is 0.376 e. The second-order valence-electron chi connectivity index (χ2n) is 6.30. The van der Waals surface area contributed by atoms with Gasteiger partial charge in [-0.1, -0.05) is 23.4 Å². The van der Waals surface area contributed by atoms with E-state index >= 15 is 0 Å². The van der Waals surface area contributed by atoms with E-state index in [4.69, 9.17) is 16.3 Å². The van der Waals surface area contributed by atoms with Gasteiger partial charge in [-0.25, -0.2) is 0 Å². The average Bonchev–Trinajstić information content (AvgIpc) is 3.25. The summed E-state index contributed by atoms with van der Waals surface area (Å²) < 4.78 is 46.0. The van der Waals surface area contributed by atoms with Gasteiger partial charge in [0, 0.05) is 6.61 Å². The van der Waals surface area contributed by atoms with E-state index in [9.17, 15) is 18.0 Å². The zero-order valence-corrected chi connectivity index (χ0v) is 16.5. The number of hydrogen-bond donors (Lipinski definition) is 1. The lowest BCUT2D eigenvalue weighted by Crippen LogP contribution is -2.18. The number of carbonyl (C=O) groups excluding carboxylic acids is 1. The summed E-state index contributed by atoms with van der Waals surface area (Å²) in [5, 5.41) is 11.1. The summed E-state index contributed by atoms with van der Waals surface area (Å²) in [5.41, 5.74) is -0.967. The first-order valence-electron chi connectivity index (χ1n) is 8.55. The summed E-state index contributed by atoms with van der Waals surface area (Å²) in [6, 6.07) is 2.78. The first-order chi connectivity index (χ1) is 13.2. The van der Waals surface area contributed by atoms with Gasteiger partial charge in [-0.15, -0.1) is 10.2 Å². The number of aromatic nitrogens is 3. The molecule has 1 N–H and O–H groups in total. The van der Waals surface area contributed by atoms with Gasteiger partial charge in [0.25, 0.3) is 0 Å². The van der Waals surface area contributed by atoms with Crippen molar-refractivity contribution in [3.8, 4) is 0 Å². The van der Waals surface area contributed by atoms with Gasteiger partial charge in [-0.3, -0.25) is 4.79 Å². The lowest BCUT2D eigenvalue weighted by molar-refractivity contribution is -0.137. The standard InChI is InChI=1S/C17H18ClF3N4O2S/c1-10-23-24-16(25(10)8-12-3-2-6-27-12)28-9-15(26)22-14-7-11(17(19,20)21)4-5-13(14)18/h4-5,7,12H,2-3,6,8-9H2,1H3,(H,22,26)/t12-/m0/s1. The van der Waals surface area contributed by atoms with Crippen LogP contribution in [0.4, 0.5) is 18.9 Å². The van der Waals surface area contributed by atoms with Crippen molar-refractivity contribution >= 4 is 35.0 Å². The number of amides is 1. The molecule has 3 rings (SSSR count). The van der Waals surface area contributed by atoms with Crippen LogP contribution in [0, 0.1) is 6.92 Å². The Bertz CT molecular complexity index is 853. The van der Waals surface area contributed by atoms with Crippen molar-refractivity contribution in [1.29, 1.82) is 0 Å². The maximum absolute atomic E-state index is 12.8. The molecule has 1 aliphatic rings. The van der Waals surface area contributed by atoms with Crippen LogP contribution in [0.2, 0.25) is 5.02 Å². The largest absolute Gasteiger partial charge is 0.416 e. The molecule has 0 spiro atoms. The maximum Gasteiger partial charge on any atom is 0.416 e. The maximum atomic E-state index is 12.8. The number of benzene rings is 1. The number of aryl methyl sites for hydroxylation is 1. The lowest BCUT2D eigenvalue weighted by atomic mass is 10.2. The predicted octanol–water partition coefficient (Wildman–Crippen LogP) is 4.17. The van der Waals surface area contributed by atoms with E-state index in [1.54, 1.807) is 0 Å². The molecule has 1 aromatic carbocycles. The highest BCUT2D eigenvalue weighted by molar-refractivity contribution is 7.99. The number of halogens is 4. The Morgan fingerprint density at radius 3 is 2.89 bits per heavy atom.